The Hall–Kier alpha value is -3.35. The first kappa shape index (κ1) is 28.2. The zero-order valence-electron chi connectivity index (χ0n) is 23.2. The minimum atomic E-state index is -0.786. The van der Waals surface area contributed by atoms with Gasteiger partial charge in [-0.15, -0.1) is 0 Å². The van der Waals surface area contributed by atoms with Crippen LogP contribution in [0.4, 0.5) is 21.2 Å². The van der Waals surface area contributed by atoms with Gasteiger partial charge in [-0.3, -0.25) is 14.6 Å². The number of carboxylic acids is 1. The largest absolute Gasteiger partial charge is 0.490 e. The Morgan fingerprint density at radius 3 is 2.67 bits per heavy atom. The van der Waals surface area contributed by atoms with Gasteiger partial charge in [-0.1, -0.05) is 11.3 Å². The predicted octanol–water partition coefficient (Wildman–Crippen LogP) is 4.38. The molecule has 10 nitrogen and oxygen atoms in total. The van der Waals surface area contributed by atoms with Crippen LogP contribution in [0.3, 0.4) is 0 Å². The molecule has 40 heavy (non-hydrogen) atoms. The average Bonchev–Trinajstić information content (AvgIpc) is 3.52. The maximum atomic E-state index is 14.4. The lowest BCUT2D eigenvalue weighted by Gasteiger charge is -2.35. The van der Waals surface area contributed by atoms with Crippen molar-refractivity contribution in [2.45, 2.75) is 45.7 Å². The zero-order chi connectivity index (χ0) is 28.2. The summed E-state index contributed by atoms with van der Waals surface area (Å²) in [6.45, 7) is 9.34. The summed E-state index contributed by atoms with van der Waals surface area (Å²) < 4.78 is 20.2. The number of aryl methyl sites for hydroxylation is 1. The number of hydrogen-bond acceptors (Lipinski definition) is 10. The van der Waals surface area contributed by atoms with Crippen LogP contribution in [0.25, 0.3) is 11.3 Å². The van der Waals surface area contributed by atoms with Crippen molar-refractivity contribution in [2.24, 2.45) is 0 Å². The third-order valence-corrected chi connectivity index (χ3v) is 8.53. The monoisotopic (exact) mass is 569 g/mol. The molecule has 2 saturated heterocycles. The Kier molecular flexibility index (Phi) is 8.77. The van der Waals surface area contributed by atoms with E-state index in [0.717, 1.165) is 47.9 Å². The van der Waals surface area contributed by atoms with E-state index in [2.05, 4.69) is 36.9 Å². The number of likely N-dealkylation sites (tertiary alicyclic amines) is 1. The number of nitrogens with one attached hydrogen (secondary N) is 1. The number of aliphatic carboxylic acids is 1. The fourth-order valence-corrected chi connectivity index (χ4v) is 6.44. The summed E-state index contributed by atoms with van der Waals surface area (Å²) in [5.41, 5.74) is 2.39. The Morgan fingerprint density at radius 1 is 1.20 bits per heavy atom. The minimum Gasteiger partial charge on any atom is -0.490 e. The molecule has 0 radical (unpaired) electrons. The lowest BCUT2D eigenvalue weighted by atomic mass is 10.1. The molecule has 1 aromatic carbocycles. The van der Waals surface area contributed by atoms with Crippen molar-refractivity contribution in [3.8, 4) is 17.0 Å². The molecule has 0 amide bonds. The van der Waals surface area contributed by atoms with Crippen molar-refractivity contribution in [3.63, 3.8) is 0 Å². The number of rotatable bonds is 10. The smallest absolute Gasteiger partial charge is 0.304 e. The topological polar surface area (TPSA) is 107 Å². The molecule has 3 aromatic rings. The average molecular weight is 570 g/mol. The van der Waals surface area contributed by atoms with Gasteiger partial charge < -0.3 is 20.1 Å². The van der Waals surface area contributed by atoms with Gasteiger partial charge in [0, 0.05) is 55.8 Å². The van der Waals surface area contributed by atoms with Gasteiger partial charge in [0.1, 0.15) is 12.1 Å². The molecule has 4 heterocycles. The van der Waals surface area contributed by atoms with Gasteiger partial charge in [0.25, 0.3) is 0 Å². The Labute approximate surface area is 237 Å². The van der Waals surface area contributed by atoms with Crippen LogP contribution in [-0.2, 0) is 11.3 Å². The second-order valence-electron chi connectivity index (χ2n) is 10.4. The van der Waals surface area contributed by atoms with Gasteiger partial charge in [0.15, 0.2) is 16.8 Å². The molecule has 2 aromatic heterocycles. The van der Waals surface area contributed by atoms with Crippen molar-refractivity contribution in [1.29, 1.82) is 0 Å². The summed E-state index contributed by atoms with van der Waals surface area (Å²) in [5, 5.41) is 13.0. The van der Waals surface area contributed by atoms with Crippen molar-refractivity contribution >= 4 is 34.1 Å². The molecule has 214 valence electrons. The molecule has 2 aliphatic heterocycles. The van der Waals surface area contributed by atoms with E-state index < -0.39 is 5.97 Å². The van der Waals surface area contributed by atoms with Crippen molar-refractivity contribution in [3.05, 3.63) is 40.8 Å². The molecule has 0 aliphatic carbocycles. The molecular weight excluding hydrogens is 533 g/mol. The number of hydrogen-bond donors (Lipinski definition) is 2. The van der Waals surface area contributed by atoms with Gasteiger partial charge in [-0.05, 0) is 57.0 Å². The van der Waals surface area contributed by atoms with Gasteiger partial charge in [-0.2, -0.15) is 0 Å². The maximum Gasteiger partial charge on any atom is 0.304 e. The normalized spacial score (nSPS) is 18.3. The van der Waals surface area contributed by atoms with Gasteiger partial charge in [-0.25, -0.2) is 19.3 Å². The quantitative estimate of drug-likeness (QED) is 0.365. The summed E-state index contributed by atoms with van der Waals surface area (Å²) in [4.78, 5) is 32.6. The number of ether oxygens (including phenoxy) is 1. The van der Waals surface area contributed by atoms with Crippen LogP contribution in [0.2, 0.25) is 0 Å². The fraction of sp³-hybridized carbons (Fsp3) is 0.500. The Morgan fingerprint density at radius 2 is 2.00 bits per heavy atom. The SMILES string of the molecule is COc1c(Nc2nc(-c3cc(C)cc(F)c3)c(CN3CCCC3C)s2)ncnc1N1CCN(CCC(=O)O)CC1. The molecule has 2 fully saturated rings. The highest BCUT2D eigenvalue weighted by Crippen LogP contribution is 2.39. The van der Waals surface area contributed by atoms with Crippen LogP contribution in [0.1, 0.15) is 36.6 Å². The lowest BCUT2D eigenvalue weighted by molar-refractivity contribution is -0.137. The van der Waals surface area contributed by atoms with Crippen LogP contribution in [0, 0.1) is 12.7 Å². The predicted molar refractivity (Wildman–Crippen MR) is 154 cm³/mol. The third-order valence-electron chi connectivity index (χ3n) is 7.58. The summed E-state index contributed by atoms with van der Waals surface area (Å²) in [7, 11) is 1.60. The van der Waals surface area contributed by atoms with E-state index in [-0.39, 0.29) is 12.2 Å². The lowest BCUT2D eigenvalue weighted by Crippen LogP contribution is -2.47. The summed E-state index contributed by atoms with van der Waals surface area (Å²) >= 11 is 1.55. The molecule has 0 bridgehead atoms. The van der Waals surface area contributed by atoms with Crippen LogP contribution >= 0.6 is 11.3 Å². The van der Waals surface area contributed by atoms with Gasteiger partial charge in [0.2, 0.25) is 5.75 Å². The number of piperazine rings is 1. The zero-order valence-corrected chi connectivity index (χ0v) is 24.0. The van der Waals surface area contributed by atoms with Crippen molar-refractivity contribution in [2.75, 3.05) is 56.6 Å². The highest BCUT2D eigenvalue weighted by Gasteiger charge is 2.26. The van der Waals surface area contributed by atoms with Crippen LogP contribution < -0.4 is 15.0 Å². The van der Waals surface area contributed by atoms with Gasteiger partial charge >= 0.3 is 5.97 Å². The first-order chi connectivity index (χ1) is 19.3. The minimum absolute atomic E-state index is 0.133. The Balaban J connectivity index is 1.39. The number of benzene rings is 1. The number of carboxylic acid groups (broad SMARTS) is 1. The highest BCUT2D eigenvalue weighted by molar-refractivity contribution is 7.16. The van der Waals surface area contributed by atoms with E-state index in [4.69, 9.17) is 14.8 Å². The second kappa shape index (κ2) is 12.4. The van der Waals surface area contributed by atoms with Crippen molar-refractivity contribution in [1.82, 2.24) is 24.8 Å². The molecule has 0 spiro atoms. The van der Waals surface area contributed by atoms with Crippen LogP contribution in [0.5, 0.6) is 5.75 Å². The summed E-state index contributed by atoms with van der Waals surface area (Å²) in [5.74, 6) is 0.656. The number of halogens is 1. The summed E-state index contributed by atoms with van der Waals surface area (Å²) in [6, 6.07) is 5.53. The first-order valence-electron chi connectivity index (χ1n) is 13.7. The molecule has 12 heteroatoms. The van der Waals surface area contributed by atoms with Gasteiger partial charge in [0.05, 0.1) is 19.2 Å². The van der Waals surface area contributed by atoms with Crippen LogP contribution in [0.15, 0.2) is 24.5 Å². The van der Waals surface area contributed by atoms with E-state index in [9.17, 15) is 9.18 Å². The summed E-state index contributed by atoms with van der Waals surface area (Å²) in [6.07, 6.45) is 3.99. The molecule has 2 aliphatic rings. The molecule has 1 atom stereocenters. The number of anilines is 3. The fourth-order valence-electron chi connectivity index (χ4n) is 5.43. The molecular formula is C28H36FN7O3S. The van der Waals surface area contributed by atoms with E-state index in [1.165, 1.54) is 25.2 Å². The van der Waals surface area contributed by atoms with Crippen LogP contribution in [-0.4, -0.2) is 88.2 Å². The van der Waals surface area contributed by atoms with E-state index >= 15 is 0 Å². The molecule has 5 rings (SSSR count). The number of methoxy groups -OCH3 is 1. The van der Waals surface area contributed by atoms with E-state index in [0.29, 0.717) is 48.2 Å². The molecule has 1 unspecified atom stereocenters. The number of thiazole rings is 1. The standard InChI is InChI=1S/C28H36FN7O3S/c1-18-13-20(15-21(29)14-18)24-22(16-36-7-4-5-19(36)2)40-28(32-24)33-26-25(39-3)27(31-17-30-26)35-11-9-34(10-12-35)8-6-23(37)38/h13-15,17,19H,4-12,16H2,1-3H3,(H,37,38)(H,30,31,32,33). The molecule has 2 N–H and O–H groups in total. The van der Waals surface area contributed by atoms with E-state index in [1.807, 2.05) is 13.0 Å². The Bertz CT molecular complexity index is 1330. The second-order valence-corrected chi connectivity index (χ2v) is 11.5. The number of aromatic nitrogens is 3. The third kappa shape index (κ3) is 6.51. The highest BCUT2D eigenvalue weighted by atomic mass is 32.1. The molecule has 0 saturated carbocycles. The first-order valence-corrected chi connectivity index (χ1v) is 14.5. The number of carbonyl (C=O) groups is 1. The maximum absolute atomic E-state index is 14.4. The van der Waals surface area contributed by atoms with E-state index in [1.54, 1.807) is 24.5 Å². The van der Waals surface area contributed by atoms with Crippen molar-refractivity contribution < 1.29 is 19.0 Å². The number of nitrogens with zero attached hydrogens (tertiary/aromatic N) is 6.